The van der Waals surface area contributed by atoms with E-state index in [0.717, 1.165) is 22.3 Å². The normalized spacial score (nSPS) is 17.8. The van der Waals surface area contributed by atoms with Gasteiger partial charge in [0.15, 0.2) is 0 Å². The molecule has 19 heavy (non-hydrogen) atoms. The summed E-state index contributed by atoms with van der Waals surface area (Å²) in [7, 11) is 1.43. The average molecular weight is 345 g/mol. The first kappa shape index (κ1) is 14.8. The molecule has 0 saturated heterocycles. The number of carbonyl (C=O) groups is 1. The number of nitrogens with one attached hydrogen (secondary N) is 1. The number of ether oxygens (including phenoxy) is 1. The molecule has 1 N–H and O–H groups in total. The quantitative estimate of drug-likeness (QED) is 0.635. The highest BCUT2D eigenvalue weighted by molar-refractivity contribution is 9.10. The van der Waals surface area contributed by atoms with Crippen molar-refractivity contribution in [2.75, 3.05) is 12.9 Å². The van der Waals surface area contributed by atoms with Crippen LogP contribution < -0.4 is 5.32 Å². The van der Waals surface area contributed by atoms with Gasteiger partial charge in [0, 0.05) is 22.5 Å². The van der Waals surface area contributed by atoms with E-state index in [0.29, 0.717) is 11.8 Å². The molecule has 1 aliphatic carbocycles. The van der Waals surface area contributed by atoms with Crippen molar-refractivity contribution in [3.63, 3.8) is 0 Å². The molecule has 6 heteroatoms. The van der Waals surface area contributed by atoms with Crippen LogP contribution in [0.3, 0.4) is 0 Å². The third-order valence-electron chi connectivity index (χ3n) is 2.94. The molecule has 4 nitrogen and oxygen atoms in total. The van der Waals surface area contributed by atoms with Gasteiger partial charge in [-0.25, -0.2) is 4.98 Å². The van der Waals surface area contributed by atoms with E-state index in [1.165, 1.54) is 7.11 Å². The Hall–Kier alpha value is -0.590. The van der Waals surface area contributed by atoms with E-state index in [4.69, 9.17) is 4.74 Å². The van der Waals surface area contributed by atoms with Crippen LogP contribution in [0.5, 0.6) is 0 Å². The second-order valence-corrected chi connectivity index (χ2v) is 6.76. The lowest BCUT2D eigenvalue weighted by molar-refractivity contribution is -0.146. The predicted octanol–water partition coefficient (Wildman–Crippen LogP) is 2.62. The molecule has 0 aromatic carbocycles. The SMILES string of the molecule is COC(=O)C(C)(CSc1ccc(Br)cn1)NC1CC1. The maximum absolute atomic E-state index is 11.9. The number of methoxy groups -OCH3 is 1. The summed E-state index contributed by atoms with van der Waals surface area (Å²) in [6, 6.07) is 4.32. The van der Waals surface area contributed by atoms with Gasteiger partial charge in [0.1, 0.15) is 5.54 Å². The number of aromatic nitrogens is 1. The molecule has 1 fully saturated rings. The highest BCUT2D eigenvalue weighted by Crippen LogP contribution is 2.27. The highest BCUT2D eigenvalue weighted by Gasteiger charge is 2.39. The van der Waals surface area contributed by atoms with Gasteiger partial charge in [-0.1, -0.05) is 0 Å². The Balaban J connectivity index is 1.99. The minimum atomic E-state index is -0.657. The van der Waals surface area contributed by atoms with Crippen LogP contribution in [-0.2, 0) is 9.53 Å². The lowest BCUT2D eigenvalue weighted by atomic mass is 10.1. The van der Waals surface area contributed by atoms with Crippen molar-refractivity contribution >= 4 is 33.7 Å². The second-order valence-electron chi connectivity index (χ2n) is 4.85. The smallest absolute Gasteiger partial charge is 0.326 e. The lowest BCUT2D eigenvalue weighted by Gasteiger charge is -2.27. The highest BCUT2D eigenvalue weighted by atomic mass is 79.9. The van der Waals surface area contributed by atoms with Gasteiger partial charge in [0.05, 0.1) is 12.1 Å². The van der Waals surface area contributed by atoms with Crippen LogP contribution in [-0.4, -0.2) is 35.4 Å². The maximum atomic E-state index is 11.9. The summed E-state index contributed by atoms with van der Waals surface area (Å²) >= 11 is 4.91. The van der Waals surface area contributed by atoms with Crippen molar-refractivity contribution in [2.24, 2.45) is 0 Å². The zero-order valence-electron chi connectivity index (χ0n) is 11.0. The van der Waals surface area contributed by atoms with E-state index in [1.807, 2.05) is 19.1 Å². The lowest BCUT2D eigenvalue weighted by Crippen LogP contribution is -2.53. The first-order valence-corrected chi connectivity index (χ1v) is 7.92. The Morgan fingerprint density at radius 1 is 1.63 bits per heavy atom. The number of nitrogens with zero attached hydrogens (tertiary/aromatic N) is 1. The van der Waals surface area contributed by atoms with Gasteiger partial charge in [-0.3, -0.25) is 10.1 Å². The van der Waals surface area contributed by atoms with E-state index in [9.17, 15) is 4.79 Å². The second kappa shape index (κ2) is 6.24. The first-order valence-electron chi connectivity index (χ1n) is 6.14. The Bertz CT molecular complexity index is 450. The molecular formula is C13H17BrN2O2S. The van der Waals surface area contributed by atoms with Crippen LogP contribution in [0.2, 0.25) is 0 Å². The number of hydrogen-bond acceptors (Lipinski definition) is 5. The van der Waals surface area contributed by atoms with Crippen molar-refractivity contribution in [3.05, 3.63) is 22.8 Å². The maximum Gasteiger partial charge on any atom is 0.326 e. The molecule has 0 aliphatic heterocycles. The number of esters is 1. The summed E-state index contributed by atoms with van der Waals surface area (Å²) in [5.41, 5.74) is -0.657. The van der Waals surface area contributed by atoms with E-state index in [2.05, 4.69) is 26.2 Å². The van der Waals surface area contributed by atoms with Crippen LogP contribution >= 0.6 is 27.7 Å². The zero-order chi connectivity index (χ0) is 13.9. The fourth-order valence-electron chi connectivity index (χ4n) is 1.73. The Morgan fingerprint density at radius 2 is 2.37 bits per heavy atom. The summed E-state index contributed by atoms with van der Waals surface area (Å²) in [5.74, 6) is 0.383. The van der Waals surface area contributed by atoms with Crippen LogP contribution in [0.1, 0.15) is 19.8 Å². The minimum absolute atomic E-state index is 0.219. The molecule has 1 aromatic rings. The van der Waals surface area contributed by atoms with Crippen LogP contribution in [0.15, 0.2) is 27.8 Å². The predicted molar refractivity (Wildman–Crippen MR) is 79.2 cm³/mol. The van der Waals surface area contributed by atoms with Gasteiger partial charge in [-0.2, -0.15) is 0 Å². The van der Waals surface area contributed by atoms with Crippen molar-refractivity contribution in [3.8, 4) is 0 Å². The summed E-state index contributed by atoms with van der Waals surface area (Å²) in [4.78, 5) is 16.2. The van der Waals surface area contributed by atoms with Crippen LogP contribution in [0, 0.1) is 0 Å². The molecule has 1 aromatic heterocycles. The van der Waals surface area contributed by atoms with E-state index < -0.39 is 5.54 Å². The fraction of sp³-hybridized carbons (Fsp3) is 0.538. The number of thioether (sulfide) groups is 1. The van der Waals surface area contributed by atoms with Crippen molar-refractivity contribution < 1.29 is 9.53 Å². The van der Waals surface area contributed by atoms with Crippen LogP contribution in [0.25, 0.3) is 0 Å². The van der Waals surface area contributed by atoms with E-state index in [1.54, 1.807) is 18.0 Å². The Kier molecular flexibility index (Phi) is 4.86. The minimum Gasteiger partial charge on any atom is -0.468 e. The van der Waals surface area contributed by atoms with Crippen LogP contribution in [0.4, 0.5) is 0 Å². The van der Waals surface area contributed by atoms with E-state index >= 15 is 0 Å². The molecule has 1 saturated carbocycles. The largest absolute Gasteiger partial charge is 0.468 e. The van der Waals surface area contributed by atoms with Gasteiger partial charge in [-0.15, -0.1) is 11.8 Å². The monoisotopic (exact) mass is 344 g/mol. The van der Waals surface area contributed by atoms with Gasteiger partial charge in [0.2, 0.25) is 0 Å². The number of rotatable bonds is 6. The van der Waals surface area contributed by atoms with Gasteiger partial charge in [-0.05, 0) is 47.8 Å². The number of hydrogen-bond donors (Lipinski definition) is 1. The molecule has 1 aliphatic rings. The molecular weight excluding hydrogens is 328 g/mol. The first-order chi connectivity index (χ1) is 9.03. The topological polar surface area (TPSA) is 51.2 Å². The summed E-state index contributed by atoms with van der Waals surface area (Å²) in [6.07, 6.45) is 4.02. The molecule has 2 rings (SSSR count). The fourth-order valence-corrected chi connectivity index (χ4v) is 2.89. The standard InChI is InChI=1S/C13H17BrN2O2S/c1-13(12(17)18-2,16-10-4-5-10)8-19-11-6-3-9(14)7-15-11/h3,6-7,10,16H,4-5,8H2,1-2H3. The summed E-state index contributed by atoms with van der Waals surface area (Å²) in [5, 5.41) is 4.27. The average Bonchev–Trinajstić information content (AvgIpc) is 3.21. The van der Waals surface area contributed by atoms with Crippen molar-refractivity contribution in [1.82, 2.24) is 10.3 Å². The van der Waals surface area contributed by atoms with Gasteiger partial charge in [0.25, 0.3) is 0 Å². The number of halogens is 1. The van der Waals surface area contributed by atoms with Gasteiger partial charge >= 0.3 is 5.97 Å². The Morgan fingerprint density at radius 3 is 2.89 bits per heavy atom. The molecule has 104 valence electrons. The molecule has 1 unspecified atom stereocenters. The van der Waals surface area contributed by atoms with Crippen molar-refractivity contribution in [1.29, 1.82) is 0 Å². The molecule has 1 atom stereocenters. The number of pyridine rings is 1. The third-order valence-corrected chi connectivity index (χ3v) is 4.67. The zero-order valence-corrected chi connectivity index (χ0v) is 13.4. The summed E-state index contributed by atoms with van der Waals surface area (Å²) < 4.78 is 5.86. The molecule has 0 bridgehead atoms. The van der Waals surface area contributed by atoms with Crippen molar-refractivity contribution in [2.45, 2.75) is 36.4 Å². The third kappa shape index (κ3) is 4.19. The van der Waals surface area contributed by atoms with E-state index in [-0.39, 0.29) is 5.97 Å². The molecule has 0 amide bonds. The molecule has 1 heterocycles. The molecule has 0 radical (unpaired) electrons. The molecule has 0 spiro atoms. The number of carbonyl (C=O) groups excluding carboxylic acids is 1. The van der Waals surface area contributed by atoms with Gasteiger partial charge < -0.3 is 4.74 Å². The Labute approximate surface area is 125 Å². The summed E-state index contributed by atoms with van der Waals surface area (Å²) in [6.45, 7) is 1.89.